The van der Waals surface area contributed by atoms with Gasteiger partial charge >= 0.3 is 0 Å². The first kappa shape index (κ1) is 23.9. The van der Waals surface area contributed by atoms with Gasteiger partial charge in [0, 0.05) is 50.9 Å². The van der Waals surface area contributed by atoms with Crippen molar-refractivity contribution in [1.82, 2.24) is 30.1 Å². The highest BCUT2D eigenvalue weighted by atomic mass is 127. The predicted molar refractivity (Wildman–Crippen MR) is 143 cm³/mol. The highest BCUT2D eigenvalue weighted by molar-refractivity contribution is 14.0. The standard InChI is InChI=1S/C25H33N7.HI/c1-26-25(27-14-7-11-24-30-29-23-10-5-6-15-31(23)24)28-20-16-21-12-13-22(17-20)32(21)18-19-8-3-2-4-9-19;/h2-6,8-10,15,20-22H,7,11-14,16-18H2,1H3,(H2,26,27,28);1H. The first-order chi connectivity index (χ1) is 15.8. The molecule has 33 heavy (non-hydrogen) atoms. The second-order valence-corrected chi connectivity index (χ2v) is 9.00. The molecule has 2 bridgehead atoms. The van der Waals surface area contributed by atoms with Gasteiger partial charge in [0.15, 0.2) is 11.6 Å². The van der Waals surface area contributed by atoms with Crippen molar-refractivity contribution in [3.8, 4) is 0 Å². The Labute approximate surface area is 213 Å². The molecule has 3 aromatic rings. The van der Waals surface area contributed by atoms with Crippen LogP contribution in [0.1, 0.15) is 43.5 Å². The number of aliphatic imine (C=N–C) groups is 1. The molecule has 2 fully saturated rings. The Kier molecular flexibility index (Phi) is 8.19. The monoisotopic (exact) mass is 559 g/mol. The first-order valence-electron chi connectivity index (χ1n) is 11.9. The lowest BCUT2D eigenvalue weighted by atomic mass is 9.96. The van der Waals surface area contributed by atoms with Crippen LogP contribution in [0.25, 0.3) is 5.65 Å². The average Bonchev–Trinajstić information content (AvgIpc) is 3.33. The van der Waals surface area contributed by atoms with Gasteiger partial charge in [0.05, 0.1) is 0 Å². The summed E-state index contributed by atoms with van der Waals surface area (Å²) in [4.78, 5) is 7.20. The summed E-state index contributed by atoms with van der Waals surface area (Å²) in [7, 11) is 1.86. The number of aryl methyl sites for hydroxylation is 1. The van der Waals surface area contributed by atoms with Crippen molar-refractivity contribution < 1.29 is 0 Å². The van der Waals surface area contributed by atoms with E-state index in [2.05, 4.69) is 65.5 Å². The molecule has 2 atom stereocenters. The molecule has 0 radical (unpaired) electrons. The molecule has 0 aliphatic carbocycles. The molecule has 0 amide bonds. The number of guanidine groups is 1. The van der Waals surface area contributed by atoms with E-state index in [0.29, 0.717) is 18.1 Å². The quantitative estimate of drug-likeness (QED) is 0.200. The maximum atomic E-state index is 4.47. The molecule has 2 aliphatic heterocycles. The zero-order valence-corrected chi connectivity index (χ0v) is 21.6. The molecule has 0 spiro atoms. The summed E-state index contributed by atoms with van der Waals surface area (Å²) in [5, 5.41) is 15.7. The van der Waals surface area contributed by atoms with E-state index >= 15 is 0 Å². The molecule has 2 aliphatic rings. The molecule has 2 unspecified atom stereocenters. The zero-order chi connectivity index (χ0) is 21.8. The van der Waals surface area contributed by atoms with Gasteiger partial charge < -0.3 is 10.6 Å². The number of piperidine rings is 1. The van der Waals surface area contributed by atoms with Gasteiger partial charge in [-0.3, -0.25) is 14.3 Å². The number of rotatable bonds is 7. The molecule has 2 saturated heterocycles. The lowest BCUT2D eigenvalue weighted by Gasteiger charge is -2.39. The van der Waals surface area contributed by atoms with Gasteiger partial charge in [0.25, 0.3) is 0 Å². The van der Waals surface area contributed by atoms with Crippen LogP contribution in [-0.4, -0.2) is 57.2 Å². The highest BCUT2D eigenvalue weighted by Gasteiger charge is 2.40. The van der Waals surface area contributed by atoms with Gasteiger partial charge in [-0.05, 0) is 49.8 Å². The topological polar surface area (TPSA) is 69.8 Å². The lowest BCUT2D eigenvalue weighted by Crippen LogP contribution is -2.52. The lowest BCUT2D eigenvalue weighted by molar-refractivity contribution is 0.114. The number of halogens is 1. The minimum absolute atomic E-state index is 0. The molecule has 176 valence electrons. The molecular formula is C25H34IN7. The smallest absolute Gasteiger partial charge is 0.191 e. The van der Waals surface area contributed by atoms with Crippen LogP contribution in [0.3, 0.4) is 0 Å². The molecule has 5 rings (SSSR count). The van der Waals surface area contributed by atoms with Gasteiger partial charge in [-0.25, -0.2) is 0 Å². The molecule has 4 heterocycles. The van der Waals surface area contributed by atoms with Crippen LogP contribution in [0.5, 0.6) is 0 Å². The van der Waals surface area contributed by atoms with Crippen LogP contribution in [-0.2, 0) is 13.0 Å². The van der Waals surface area contributed by atoms with E-state index in [9.17, 15) is 0 Å². The summed E-state index contributed by atoms with van der Waals surface area (Å²) < 4.78 is 2.06. The van der Waals surface area contributed by atoms with Crippen LogP contribution in [0, 0.1) is 0 Å². The summed E-state index contributed by atoms with van der Waals surface area (Å²) in [6.45, 7) is 1.94. The van der Waals surface area contributed by atoms with Gasteiger partial charge in [-0.2, -0.15) is 0 Å². The van der Waals surface area contributed by atoms with E-state index in [4.69, 9.17) is 0 Å². The SMILES string of the molecule is CN=C(NCCCc1nnc2ccccn12)NC1CC2CCC(C1)N2Cc1ccccc1.I. The van der Waals surface area contributed by atoms with Crippen LogP contribution >= 0.6 is 24.0 Å². The largest absolute Gasteiger partial charge is 0.356 e. The molecular weight excluding hydrogens is 525 g/mol. The molecule has 2 N–H and O–H groups in total. The number of benzene rings is 1. The third-order valence-electron chi connectivity index (χ3n) is 6.91. The number of fused-ring (bicyclic) bond motifs is 3. The van der Waals surface area contributed by atoms with E-state index < -0.39 is 0 Å². The maximum Gasteiger partial charge on any atom is 0.191 e. The number of pyridine rings is 1. The van der Waals surface area contributed by atoms with Crippen molar-refractivity contribution in [2.45, 2.75) is 63.2 Å². The molecule has 7 nitrogen and oxygen atoms in total. The second-order valence-electron chi connectivity index (χ2n) is 9.00. The minimum atomic E-state index is 0. The third kappa shape index (κ3) is 5.66. The summed E-state index contributed by atoms with van der Waals surface area (Å²) in [5.74, 6) is 1.92. The maximum absolute atomic E-state index is 4.47. The van der Waals surface area contributed by atoms with E-state index in [1.807, 2.05) is 31.4 Å². The van der Waals surface area contributed by atoms with E-state index in [0.717, 1.165) is 43.4 Å². The normalized spacial score (nSPS) is 22.8. The number of hydrogen-bond donors (Lipinski definition) is 2. The van der Waals surface area contributed by atoms with Crippen LogP contribution in [0.4, 0.5) is 0 Å². The summed E-state index contributed by atoms with van der Waals surface area (Å²) in [6.07, 6.45) is 8.90. The van der Waals surface area contributed by atoms with Gasteiger partial charge in [0.1, 0.15) is 5.82 Å². The molecule has 0 saturated carbocycles. The van der Waals surface area contributed by atoms with Crippen molar-refractivity contribution in [3.63, 3.8) is 0 Å². The fourth-order valence-electron chi connectivity index (χ4n) is 5.35. The minimum Gasteiger partial charge on any atom is -0.356 e. The number of nitrogens with zero attached hydrogens (tertiary/aromatic N) is 5. The van der Waals surface area contributed by atoms with Crippen molar-refractivity contribution in [2.24, 2.45) is 4.99 Å². The molecule has 1 aromatic carbocycles. The fourth-order valence-corrected chi connectivity index (χ4v) is 5.35. The van der Waals surface area contributed by atoms with Crippen LogP contribution < -0.4 is 10.6 Å². The number of nitrogens with one attached hydrogen (secondary N) is 2. The Morgan fingerprint density at radius 3 is 2.55 bits per heavy atom. The van der Waals surface area contributed by atoms with Crippen molar-refractivity contribution in [1.29, 1.82) is 0 Å². The van der Waals surface area contributed by atoms with Crippen LogP contribution in [0.2, 0.25) is 0 Å². The Morgan fingerprint density at radius 2 is 1.79 bits per heavy atom. The Balaban J connectivity index is 0.00000259. The summed E-state index contributed by atoms with van der Waals surface area (Å²) in [6, 6.07) is 18.7. The van der Waals surface area contributed by atoms with Crippen molar-refractivity contribution in [3.05, 3.63) is 66.1 Å². The van der Waals surface area contributed by atoms with E-state index in [1.165, 1.54) is 31.2 Å². The summed E-state index contributed by atoms with van der Waals surface area (Å²) in [5.41, 5.74) is 2.33. The highest BCUT2D eigenvalue weighted by Crippen LogP contribution is 2.36. The Hall–Kier alpha value is -2.20. The Bertz CT molecular complexity index is 1040. The average molecular weight is 560 g/mol. The fraction of sp³-hybridized carbons (Fsp3) is 0.480. The number of aromatic nitrogens is 3. The van der Waals surface area contributed by atoms with Crippen molar-refractivity contribution in [2.75, 3.05) is 13.6 Å². The summed E-state index contributed by atoms with van der Waals surface area (Å²) >= 11 is 0. The number of hydrogen-bond acceptors (Lipinski definition) is 4. The third-order valence-corrected chi connectivity index (χ3v) is 6.91. The van der Waals surface area contributed by atoms with Crippen molar-refractivity contribution >= 4 is 35.6 Å². The molecule has 2 aromatic heterocycles. The first-order valence-corrected chi connectivity index (χ1v) is 11.9. The predicted octanol–water partition coefficient (Wildman–Crippen LogP) is 3.64. The zero-order valence-electron chi connectivity index (χ0n) is 19.2. The van der Waals surface area contributed by atoms with E-state index in [1.54, 1.807) is 0 Å². The van der Waals surface area contributed by atoms with Gasteiger partial charge in [0.2, 0.25) is 0 Å². The van der Waals surface area contributed by atoms with Gasteiger partial charge in [-0.15, -0.1) is 34.2 Å². The van der Waals surface area contributed by atoms with E-state index in [-0.39, 0.29) is 24.0 Å². The van der Waals surface area contributed by atoms with Gasteiger partial charge in [-0.1, -0.05) is 36.4 Å². The Morgan fingerprint density at radius 1 is 1.03 bits per heavy atom. The second kappa shape index (κ2) is 11.3. The van der Waals surface area contributed by atoms with Crippen LogP contribution in [0.15, 0.2) is 59.7 Å². The molecule has 8 heteroatoms.